The lowest BCUT2D eigenvalue weighted by Crippen LogP contribution is -1.78. The molecule has 13 heavy (non-hydrogen) atoms. The third kappa shape index (κ3) is 1.45. The van der Waals surface area contributed by atoms with Gasteiger partial charge in [0.1, 0.15) is 5.75 Å². The minimum absolute atomic E-state index is 0.317. The maximum atomic E-state index is 9.58. The molecule has 0 atom stereocenters. The van der Waals surface area contributed by atoms with E-state index in [1.54, 1.807) is 5.38 Å². The first-order chi connectivity index (χ1) is 6.24. The van der Waals surface area contributed by atoms with Gasteiger partial charge in [0.05, 0.1) is 9.72 Å². The van der Waals surface area contributed by atoms with Gasteiger partial charge in [-0.15, -0.1) is 11.3 Å². The highest BCUT2D eigenvalue weighted by molar-refractivity contribution is 9.08. The number of rotatable bonds is 1. The van der Waals surface area contributed by atoms with Crippen molar-refractivity contribution in [2.24, 2.45) is 0 Å². The molecular formula is C9H6BrClOS. The maximum Gasteiger partial charge on any atom is 0.134 e. The van der Waals surface area contributed by atoms with Crippen LogP contribution in [0.1, 0.15) is 5.56 Å². The normalized spacial score (nSPS) is 10.9. The Morgan fingerprint density at radius 3 is 2.92 bits per heavy atom. The Kier molecular flexibility index (Phi) is 2.49. The van der Waals surface area contributed by atoms with E-state index in [0.717, 1.165) is 21.0 Å². The average Bonchev–Trinajstić information content (AvgIpc) is 2.51. The number of alkyl halides is 1. The second-order valence-corrected chi connectivity index (χ2v) is 4.51. The SMILES string of the molecule is Oc1csc2c(Cl)ccc(CBr)c12. The van der Waals surface area contributed by atoms with Crippen LogP contribution in [0, 0.1) is 0 Å². The molecule has 0 saturated heterocycles. The third-order valence-corrected chi connectivity index (χ3v) is 3.92. The first-order valence-corrected chi connectivity index (χ1v) is 6.05. The molecule has 0 amide bonds. The van der Waals surface area contributed by atoms with Gasteiger partial charge < -0.3 is 5.11 Å². The number of thiophene rings is 1. The Balaban J connectivity index is 2.88. The summed E-state index contributed by atoms with van der Waals surface area (Å²) >= 11 is 10.8. The molecule has 0 aliphatic rings. The summed E-state index contributed by atoms with van der Waals surface area (Å²) in [6, 6.07) is 3.78. The molecule has 0 radical (unpaired) electrons. The van der Waals surface area contributed by atoms with Crippen LogP contribution in [0.15, 0.2) is 17.5 Å². The molecule has 0 saturated carbocycles. The lowest BCUT2D eigenvalue weighted by atomic mass is 10.1. The van der Waals surface area contributed by atoms with Gasteiger partial charge in [-0.25, -0.2) is 0 Å². The molecule has 68 valence electrons. The number of aromatic hydroxyl groups is 1. The van der Waals surface area contributed by atoms with Crippen molar-refractivity contribution in [3.05, 3.63) is 28.1 Å². The number of fused-ring (bicyclic) bond motifs is 1. The van der Waals surface area contributed by atoms with E-state index in [2.05, 4.69) is 15.9 Å². The zero-order chi connectivity index (χ0) is 9.42. The smallest absolute Gasteiger partial charge is 0.134 e. The Morgan fingerprint density at radius 2 is 2.23 bits per heavy atom. The van der Waals surface area contributed by atoms with Gasteiger partial charge in [0.25, 0.3) is 0 Å². The molecular weight excluding hydrogens is 272 g/mol. The molecule has 0 aliphatic heterocycles. The Morgan fingerprint density at radius 1 is 1.46 bits per heavy atom. The van der Waals surface area contributed by atoms with Crippen LogP contribution in [0.25, 0.3) is 10.1 Å². The van der Waals surface area contributed by atoms with Crippen molar-refractivity contribution >= 4 is 49.0 Å². The lowest BCUT2D eigenvalue weighted by Gasteiger charge is -2.00. The van der Waals surface area contributed by atoms with E-state index in [-0.39, 0.29) is 0 Å². The lowest BCUT2D eigenvalue weighted by molar-refractivity contribution is 0.483. The summed E-state index contributed by atoms with van der Waals surface area (Å²) in [7, 11) is 0. The van der Waals surface area contributed by atoms with E-state index < -0.39 is 0 Å². The standard InChI is InChI=1S/C9H6BrClOS/c10-3-5-1-2-6(11)9-8(5)7(12)4-13-9/h1-2,4,12H,3H2. The fraction of sp³-hybridized carbons (Fsp3) is 0.111. The summed E-state index contributed by atoms with van der Waals surface area (Å²) in [6.07, 6.45) is 0. The minimum atomic E-state index is 0.317. The fourth-order valence-electron chi connectivity index (χ4n) is 1.28. The highest BCUT2D eigenvalue weighted by Gasteiger charge is 2.09. The first-order valence-electron chi connectivity index (χ1n) is 3.67. The van der Waals surface area contributed by atoms with E-state index in [9.17, 15) is 5.11 Å². The van der Waals surface area contributed by atoms with E-state index in [4.69, 9.17) is 11.6 Å². The van der Waals surface area contributed by atoms with Crippen LogP contribution in [-0.2, 0) is 5.33 Å². The summed E-state index contributed by atoms with van der Waals surface area (Å²) in [5.74, 6) is 0.317. The van der Waals surface area contributed by atoms with Crippen LogP contribution in [0.5, 0.6) is 5.75 Å². The van der Waals surface area contributed by atoms with Gasteiger partial charge in [-0.2, -0.15) is 0 Å². The minimum Gasteiger partial charge on any atom is -0.506 e. The van der Waals surface area contributed by atoms with E-state index >= 15 is 0 Å². The predicted octanol–water partition coefficient (Wildman–Crippen LogP) is 4.16. The second kappa shape index (κ2) is 3.48. The zero-order valence-corrected chi connectivity index (χ0v) is 9.71. The van der Waals surface area contributed by atoms with Crippen LogP contribution >= 0.6 is 38.9 Å². The molecule has 0 fully saturated rings. The molecule has 0 unspecified atom stereocenters. The number of hydrogen-bond donors (Lipinski definition) is 1. The molecule has 4 heteroatoms. The van der Waals surface area contributed by atoms with Gasteiger partial charge in [0, 0.05) is 16.1 Å². The van der Waals surface area contributed by atoms with Gasteiger partial charge in [-0.05, 0) is 11.6 Å². The van der Waals surface area contributed by atoms with E-state index in [0.29, 0.717) is 10.8 Å². The van der Waals surface area contributed by atoms with Gasteiger partial charge in [-0.3, -0.25) is 0 Å². The maximum absolute atomic E-state index is 9.58. The van der Waals surface area contributed by atoms with Gasteiger partial charge in [-0.1, -0.05) is 33.6 Å². The molecule has 1 nitrogen and oxygen atoms in total. The van der Waals surface area contributed by atoms with Crippen molar-refractivity contribution < 1.29 is 5.11 Å². The summed E-state index contributed by atoms with van der Waals surface area (Å²) in [5.41, 5.74) is 1.07. The Hall–Kier alpha value is -0.250. The van der Waals surface area contributed by atoms with Crippen molar-refractivity contribution in [1.29, 1.82) is 0 Å². The highest BCUT2D eigenvalue weighted by atomic mass is 79.9. The molecule has 1 heterocycles. The van der Waals surface area contributed by atoms with E-state index in [1.807, 2.05) is 12.1 Å². The van der Waals surface area contributed by atoms with Crippen LogP contribution < -0.4 is 0 Å². The molecule has 0 aliphatic carbocycles. The zero-order valence-electron chi connectivity index (χ0n) is 6.55. The van der Waals surface area contributed by atoms with Gasteiger partial charge in [0.15, 0.2) is 0 Å². The van der Waals surface area contributed by atoms with Crippen LogP contribution in [0.3, 0.4) is 0 Å². The summed E-state index contributed by atoms with van der Waals surface area (Å²) in [6.45, 7) is 0. The molecule has 0 spiro atoms. The predicted molar refractivity (Wildman–Crippen MR) is 61.1 cm³/mol. The van der Waals surface area contributed by atoms with Gasteiger partial charge in [0.2, 0.25) is 0 Å². The molecule has 0 bridgehead atoms. The number of hydrogen-bond acceptors (Lipinski definition) is 2. The number of benzene rings is 1. The van der Waals surface area contributed by atoms with Crippen LogP contribution in [0.4, 0.5) is 0 Å². The van der Waals surface area contributed by atoms with Gasteiger partial charge >= 0.3 is 0 Å². The molecule has 2 rings (SSSR count). The summed E-state index contributed by atoms with van der Waals surface area (Å²) < 4.78 is 0.955. The quantitative estimate of drug-likeness (QED) is 0.776. The monoisotopic (exact) mass is 276 g/mol. The van der Waals surface area contributed by atoms with Crippen molar-refractivity contribution in [2.75, 3.05) is 0 Å². The largest absolute Gasteiger partial charge is 0.506 e. The molecule has 1 aromatic heterocycles. The first kappa shape index (κ1) is 9.31. The fourth-order valence-corrected chi connectivity index (χ4v) is 2.92. The highest BCUT2D eigenvalue weighted by Crippen LogP contribution is 2.38. The average molecular weight is 278 g/mol. The Labute approximate surface area is 93.1 Å². The Bertz CT molecular complexity index is 452. The van der Waals surface area contributed by atoms with Crippen LogP contribution in [0.2, 0.25) is 5.02 Å². The molecule has 1 N–H and O–H groups in total. The third-order valence-electron chi connectivity index (χ3n) is 1.88. The number of halogens is 2. The molecule has 1 aromatic carbocycles. The van der Waals surface area contributed by atoms with Crippen LogP contribution in [-0.4, -0.2) is 5.11 Å². The van der Waals surface area contributed by atoms with Crippen molar-refractivity contribution in [2.45, 2.75) is 5.33 Å². The summed E-state index contributed by atoms with van der Waals surface area (Å²) in [4.78, 5) is 0. The van der Waals surface area contributed by atoms with Crippen molar-refractivity contribution in [3.63, 3.8) is 0 Å². The topological polar surface area (TPSA) is 20.2 Å². The second-order valence-electron chi connectivity index (χ2n) is 2.67. The van der Waals surface area contributed by atoms with E-state index in [1.165, 1.54) is 11.3 Å². The summed E-state index contributed by atoms with van der Waals surface area (Å²) in [5, 5.41) is 13.6. The van der Waals surface area contributed by atoms with Crippen molar-refractivity contribution in [1.82, 2.24) is 0 Å². The molecule has 2 aromatic rings. The van der Waals surface area contributed by atoms with Crippen molar-refractivity contribution in [3.8, 4) is 5.75 Å².